The van der Waals surface area contributed by atoms with E-state index in [0.717, 1.165) is 36.0 Å². The second-order valence-corrected chi connectivity index (χ2v) is 4.22. The molecule has 2 nitrogen and oxygen atoms in total. The Labute approximate surface area is 101 Å². The summed E-state index contributed by atoms with van der Waals surface area (Å²) >= 11 is 0. The molecule has 2 rings (SSSR count). The second kappa shape index (κ2) is 5.13. The van der Waals surface area contributed by atoms with Crippen LogP contribution in [0.2, 0.25) is 0 Å². The van der Waals surface area contributed by atoms with Crippen LogP contribution in [-0.4, -0.2) is 12.5 Å². The summed E-state index contributed by atoms with van der Waals surface area (Å²) < 4.78 is 13.2. The Morgan fingerprint density at radius 2 is 2.29 bits per heavy atom. The van der Waals surface area contributed by atoms with Gasteiger partial charge in [0.15, 0.2) is 0 Å². The molecule has 0 radical (unpaired) electrons. The number of amides is 1. The van der Waals surface area contributed by atoms with Crippen molar-refractivity contribution in [3.63, 3.8) is 0 Å². The van der Waals surface area contributed by atoms with Gasteiger partial charge >= 0.3 is 0 Å². The molecule has 90 valence electrons. The molecule has 1 aliphatic rings. The van der Waals surface area contributed by atoms with E-state index < -0.39 is 0 Å². The molecule has 0 unspecified atom stereocenters. The summed E-state index contributed by atoms with van der Waals surface area (Å²) in [6.45, 7) is 2.49. The van der Waals surface area contributed by atoms with E-state index in [1.807, 2.05) is 13.0 Å². The van der Waals surface area contributed by atoms with Crippen LogP contribution in [0.3, 0.4) is 0 Å². The molecule has 1 N–H and O–H groups in total. The van der Waals surface area contributed by atoms with Gasteiger partial charge in [0.2, 0.25) is 5.91 Å². The van der Waals surface area contributed by atoms with E-state index in [2.05, 4.69) is 5.32 Å². The highest BCUT2D eigenvalue weighted by Crippen LogP contribution is 2.30. The summed E-state index contributed by atoms with van der Waals surface area (Å²) in [5.41, 5.74) is 2.97. The van der Waals surface area contributed by atoms with Gasteiger partial charge in [-0.15, -0.1) is 0 Å². The third kappa shape index (κ3) is 2.73. The van der Waals surface area contributed by atoms with Gasteiger partial charge in [0.05, 0.1) is 0 Å². The number of fused-ring (bicyclic) bond motifs is 1. The zero-order chi connectivity index (χ0) is 12.3. The zero-order valence-electron chi connectivity index (χ0n) is 9.92. The van der Waals surface area contributed by atoms with Crippen molar-refractivity contribution in [1.82, 2.24) is 5.32 Å². The van der Waals surface area contributed by atoms with E-state index in [4.69, 9.17) is 0 Å². The van der Waals surface area contributed by atoms with E-state index in [9.17, 15) is 9.18 Å². The van der Waals surface area contributed by atoms with Crippen LogP contribution in [-0.2, 0) is 11.2 Å². The fourth-order valence-corrected chi connectivity index (χ4v) is 2.20. The predicted molar refractivity (Wildman–Crippen MR) is 66.0 cm³/mol. The number of benzene rings is 1. The van der Waals surface area contributed by atoms with Gasteiger partial charge in [0.1, 0.15) is 5.82 Å². The van der Waals surface area contributed by atoms with Crippen LogP contribution in [0.25, 0.3) is 5.57 Å². The minimum Gasteiger partial charge on any atom is -0.353 e. The molecule has 0 aliphatic heterocycles. The van der Waals surface area contributed by atoms with Gasteiger partial charge in [-0.1, -0.05) is 6.07 Å². The SMILES string of the molecule is CCNC(=O)/C=C1/CCCc2ccc(F)cc21. The van der Waals surface area contributed by atoms with Crippen LogP contribution in [0.1, 0.15) is 30.9 Å². The number of carbonyl (C=O) groups is 1. The number of hydrogen-bond donors (Lipinski definition) is 1. The minimum absolute atomic E-state index is 0.0976. The van der Waals surface area contributed by atoms with E-state index >= 15 is 0 Å². The van der Waals surface area contributed by atoms with Crippen molar-refractivity contribution in [2.24, 2.45) is 0 Å². The Kier molecular flexibility index (Phi) is 3.57. The lowest BCUT2D eigenvalue weighted by Crippen LogP contribution is -2.20. The number of carbonyl (C=O) groups excluding carboxylic acids is 1. The average Bonchev–Trinajstić information content (AvgIpc) is 2.30. The van der Waals surface area contributed by atoms with Crippen molar-refractivity contribution in [3.8, 4) is 0 Å². The molecule has 0 saturated carbocycles. The monoisotopic (exact) mass is 233 g/mol. The molecular weight excluding hydrogens is 217 g/mol. The summed E-state index contributed by atoms with van der Waals surface area (Å²) in [5.74, 6) is -0.341. The van der Waals surface area contributed by atoms with Crippen molar-refractivity contribution < 1.29 is 9.18 Å². The number of aryl methyl sites for hydroxylation is 1. The summed E-state index contributed by atoms with van der Waals surface area (Å²) in [4.78, 5) is 11.5. The largest absolute Gasteiger partial charge is 0.353 e. The normalized spacial score (nSPS) is 16.7. The lowest BCUT2D eigenvalue weighted by Gasteiger charge is -2.18. The highest BCUT2D eigenvalue weighted by atomic mass is 19.1. The molecule has 1 aromatic rings. The maximum absolute atomic E-state index is 13.2. The van der Waals surface area contributed by atoms with Gasteiger partial charge in [-0.2, -0.15) is 0 Å². The van der Waals surface area contributed by atoms with Crippen molar-refractivity contribution in [3.05, 3.63) is 41.2 Å². The average molecular weight is 233 g/mol. The molecule has 3 heteroatoms. The van der Waals surface area contributed by atoms with Crippen molar-refractivity contribution >= 4 is 11.5 Å². The number of rotatable bonds is 2. The molecule has 1 amide bonds. The van der Waals surface area contributed by atoms with Crippen LogP contribution >= 0.6 is 0 Å². The predicted octanol–water partition coefficient (Wildman–Crippen LogP) is 2.68. The van der Waals surface area contributed by atoms with Crippen molar-refractivity contribution in [1.29, 1.82) is 0 Å². The highest BCUT2D eigenvalue weighted by Gasteiger charge is 2.15. The molecule has 1 aliphatic carbocycles. The minimum atomic E-state index is -0.243. The van der Waals surface area contributed by atoms with Crippen LogP contribution in [0.5, 0.6) is 0 Å². The van der Waals surface area contributed by atoms with Crippen LogP contribution in [0.4, 0.5) is 4.39 Å². The summed E-state index contributed by atoms with van der Waals surface area (Å²) in [5, 5.41) is 2.73. The number of hydrogen-bond acceptors (Lipinski definition) is 1. The molecule has 0 saturated heterocycles. The Hall–Kier alpha value is -1.64. The zero-order valence-corrected chi connectivity index (χ0v) is 9.92. The number of halogens is 1. The van der Waals surface area contributed by atoms with Gasteiger partial charge in [-0.3, -0.25) is 4.79 Å². The number of allylic oxidation sites excluding steroid dienone is 1. The first-order chi connectivity index (χ1) is 8.20. The van der Waals surface area contributed by atoms with Crippen LogP contribution in [0, 0.1) is 5.82 Å². The quantitative estimate of drug-likeness (QED) is 0.782. The third-order valence-electron chi connectivity index (χ3n) is 2.97. The summed E-state index contributed by atoms with van der Waals surface area (Å²) in [6, 6.07) is 4.82. The second-order valence-electron chi connectivity index (χ2n) is 4.22. The molecule has 0 heterocycles. The van der Waals surface area contributed by atoms with Gasteiger partial charge in [0, 0.05) is 12.6 Å². The van der Waals surface area contributed by atoms with Gasteiger partial charge < -0.3 is 5.32 Å². The maximum Gasteiger partial charge on any atom is 0.244 e. The molecule has 1 aromatic carbocycles. The Morgan fingerprint density at radius 1 is 1.47 bits per heavy atom. The number of nitrogens with one attached hydrogen (secondary N) is 1. The first kappa shape index (κ1) is 11.8. The van der Waals surface area contributed by atoms with Crippen LogP contribution < -0.4 is 5.32 Å². The molecule has 17 heavy (non-hydrogen) atoms. The molecule has 0 bridgehead atoms. The smallest absolute Gasteiger partial charge is 0.244 e. The van der Waals surface area contributed by atoms with Gasteiger partial charge in [-0.25, -0.2) is 4.39 Å². The molecular formula is C14H16FNO. The fraction of sp³-hybridized carbons (Fsp3) is 0.357. The van der Waals surface area contributed by atoms with Gasteiger partial charge in [-0.05, 0) is 55.0 Å². The molecule has 0 spiro atoms. The highest BCUT2D eigenvalue weighted by molar-refractivity contribution is 5.95. The molecule has 0 aromatic heterocycles. The first-order valence-corrected chi connectivity index (χ1v) is 5.98. The Balaban J connectivity index is 2.33. The summed E-state index contributed by atoms with van der Waals surface area (Å²) in [6.07, 6.45) is 4.42. The van der Waals surface area contributed by atoms with E-state index in [1.54, 1.807) is 6.08 Å². The lowest BCUT2D eigenvalue weighted by molar-refractivity contribution is -0.116. The topological polar surface area (TPSA) is 29.1 Å². The number of likely N-dealkylation sites (N-methyl/N-ethyl adjacent to an activating group) is 1. The summed E-state index contributed by atoms with van der Waals surface area (Å²) in [7, 11) is 0. The Bertz CT molecular complexity index is 465. The molecule has 0 fully saturated rings. The van der Waals surface area contributed by atoms with E-state index in [0.29, 0.717) is 6.54 Å². The van der Waals surface area contributed by atoms with E-state index in [-0.39, 0.29) is 11.7 Å². The van der Waals surface area contributed by atoms with Gasteiger partial charge in [0.25, 0.3) is 0 Å². The third-order valence-corrected chi connectivity index (χ3v) is 2.97. The first-order valence-electron chi connectivity index (χ1n) is 5.98. The van der Waals surface area contributed by atoms with E-state index in [1.165, 1.54) is 12.1 Å². The molecule has 0 atom stereocenters. The van der Waals surface area contributed by atoms with Crippen LogP contribution in [0.15, 0.2) is 24.3 Å². The standard InChI is InChI=1S/C14H16FNO/c1-2-16-14(17)8-11-5-3-4-10-6-7-12(15)9-13(10)11/h6-9H,2-5H2,1H3,(H,16,17)/b11-8-. The Morgan fingerprint density at radius 3 is 3.06 bits per heavy atom. The fourth-order valence-electron chi connectivity index (χ4n) is 2.20. The van der Waals surface area contributed by atoms with Crippen molar-refractivity contribution in [2.75, 3.05) is 6.54 Å². The lowest BCUT2D eigenvalue weighted by atomic mass is 9.87. The maximum atomic E-state index is 13.2. The van der Waals surface area contributed by atoms with Crippen molar-refractivity contribution in [2.45, 2.75) is 26.2 Å².